The zero-order chi connectivity index (χ0) is 18.1. The molecule has 5 heteroatoms. The van der Waals surface area contributed by atoms with Crippen LogP contribution in [0, 0.1) is 0 Å². The molecule has 3 rings (SSSR count). The van der Waals surface area contributed by atoms with Crippen LogP contribution >= 0.6 is 36.4 Å². The molecule has 0 unspecified atom stereocenters. The zero-order valence-electron chi connectivity index (χ0n) is 13.1. The van der Waals surface area contributed by atoms with Crippen LogP contribution in [-0.2, 0) is 0 Å². The minimum Gasteiger partial charge on any atom is -0.445 e. The third-order valence-electron chi connectivity index (χ3n) is 3.05. The lowest BCUT2D eigenvalue weighted by atomic mass is 10.2. The SMILES string of the molecule is C.O=C(S)c1ccccc1.S=C(Oc1ccccc1)c1ccc(Cl)cc1. The van der Waals surface area contributed by atoms with Crippen LogP contribution in [-0.4, -0.2) is 10.2 Å². The highest BCUT2D eigenvalue weighted by Gasteiger charge is 2.03. The molecular formula is C21H19ClO2S2. The van der Waals surface area contributed by atoms with E-state index in [1.807, 2.05) is 60.7 Å². The van der Waals surface area contributed by atoms with Crippen molar-refractivity contribution in [2.75, 3.05) is 0 Å². The molecule has 3 aromatic carbocycles. The minimum absolute atomic E-state index is 0. The topological polar surface area (TPSA) is 26.3 Å². The van der Waals surface area contributed by atoms with Crippen molar-refractivity contribution in [1.29, 1.82) is 0 Å². The van der Waals surface area contributed by atoms with E-state index in [0.717, 1.165) is 11.3 Å². The molecule has 0 bridgehead atoms. The lowest BCUT2D eigenvalue weighted by Crippen LogP contribution is -2.06. The molecule has 0 spiro atoms. The summed E-state index contributed by atoms with van der Waals surface area (Å²) in [6, 6.07) is 25.7. The first-order valence-electron chi connectivity index (χ1n) is 7.37. The maximum atomic E-state index is 10.5. The fraction of sp³-hybridized carbons (Fsp3) is 0.0476. The third-order valence-corrected chi connectivity index (χ3v) is 3.88. The van der Waals surface area contributed by atoms with Gasteiger partial charge < -0.3 is 4.74 Å². The fourth-order valence-electron chi connectivity index (χ4n) is 1.82. The molecule has 0 radical (unpaired) electrons. The number of para-hydroxylation sites is 1. The van der Waals surface area contributed by atoms with Crippen LogP contribution < -0.4 is 4.74 Å². The van der Waals surface area contributed by atoms with Crippen molar-refractivity contribution in [2.24, 2.45) is 0 Å². The van der Waals surface area contributed by atoms with E-state index in [0.29, 0.717) is 15.6 Å². The summed E-state index contributed by atoms with van der Waals surface area (Å²) < 4.78 is 5.53. The molecule has 2 nitrogen and oxygen atoms in total. The van der Waals surface area contributed by atoms with Crippen molar-refractivity contribution in [3.63, 3.8) is 0 Å². The monoisotopic (exact) mass is 402 g/mol. The van der Waals surface area contributed by atoms with Gasteiger partial charge in [0, 0.05) is 16.1 Å². The van der Waals surface area contributed by atoms with E-state index in [1.54, 1.807) is 24.3 Å². The van der Waals surface area contributed by atoms with Gasteiger partial charge in [0.1, 0.15) is 5.75 Å². The Balaban J connectivity index is 0.000000290. The molecule has 0 heterocycles. The highest BCUT2D eigenvalue weighted by molar-refractivity contribution is 7.97. The van der Waals surface area contributed by atoms with E-state index in [1.165, 1.54) is 0 Å². The molecule has 3 aromatic rings. The van der Waals surface area contributed by atoms with Crippen LogP contribution in [0.2, 0.25) is 5.02 Å². The highest BCUT2D eigenvalue weighted by Crippen LogP contribution is 2.14. The van der Waals surface area contributed by atoms with E-state index in [9.17, 15) is 4.79 Å². The molecule has 0 aliphatic carbocycles. The van der Waals surface area contributed by atoms with E-state index >= 15 is 0 Å². The number of rotatable bonds is 3. The highest BCUT2D eigenvalue weighted by atomic mass is 35.5. The van der Waals surface area contributed by atoms with E-state index in [4.69, 9.17) is 28.6 Å². The maximum absolute atomic E-state index is 10.5. The van der Waals surface area contributed by atoms with Gasteiger partial charge in [-0.05, 0) is 48.6 Å². The summed E-state index contributed by atoms with van der Waals surface area (Å²) in [6.07, 6.45) is 0. The number of thiol groups is 1. The van der Waals surface area contributed by atoms with Crippen molar-refractivity contribution in [2.45, 2.75) is 7.43 Å². The molecule has 134 valence electrons. The molecule has 0 aliphatic heterocycles. The molecule has 0 aliphatic rings. The van der Waals surface area contributed by atoms with Gasteiger partial charge in [-0.3, -0.25) is 4.79 Å². The van der Waals surface area contributed by atoms with Crippen molar-refractivity contribution >= 4 is 46.6 Å². The van der Waals surface area contributed by atoms with Gasteiger partial charge in [-0.1, -0.05) is 67.6 Å². The lowest BCUT2D eigenvalue weighted by molar-refractivity contribution is 0.109. The van der Waals surface area contributed by atoms with Crippen LogP contribution in [0.15, 0.2) is 84.9 Å². The molecule has 0 amide bonds. The summed E-state index contributed by atoms with van der Waals surface area (Å²) in [7, 11) is 0. The molecule has 26 heavy (non-hydrogen) atoms. The summed E-state index contributed by atoms with van der Waals surface area (Å²) in [5.41, 5.74) is 1.49. The van der Waals surface area contributed by atoms with Crippen LogP contribution in [0.3, 0.4) is 0 Å². The number of thiocarbonyl (C=S) groups is 1. The first-order chi connectivity index (χ1) is 12.1. The van der Waals surface area contributed by atoms with Gasteiger partial charge in [-0.15, -0.1) is 12.6 Å². The fourth-order valence-corrected chi connectivity index (χ4v) is 2.33. The Morgan fingerprint density at radius 3 is 1.77 bits per heavy atom. The van der Waals surface area contributed by atoms with Crippen molar-refractivity contribution in [3.05, 3.63) is 101 Å². The normalized spacial score (nSPS) is 9.15. The summed E-state index contributed by atoms with van der Waals surface area (Å²) >= 11 is 14.6. The molecule has 0 saturated heterocycles. The third kappa shape index (κ3) is 7.40. The number of benzene rings is 3. The van der Waals surface area contributed by atoms with E-state index < -0.39 is 0 Å². The Bertz CT molecular complexity index is 820. The number of hydrogen-bond acceptors (Lipinski definition) is 3. The lowest BCUT2D eigenvalue weighted by Gasteiger charge is -2.06. The predicted octanol–water partition coefficient (Wildman–Crippen LogP) is 6.49. The maximum Gasteiger partial charge on any atom is 0.216 e. The Kier molecular flexibility index (Phi) is 9.66. The van der Waals surface area contributed by atoms with E-state index in [2.05, 4.69) is 12.6 Å². The quantitative estimate of drug-likeness (QED) is 0.400. The van der Waals surface area contributed by atoms with Crippen molar-refractivity contribution in [1.82, 2.24) is 0 Å². The molecule has 0 atom stereocenters. The molecule has 0 fully saturated rings. The number of ether oxygens (including phenoxy) is 1. The van der Waals surface area contributed by atoms with Crippen LogP contribution in [0.5, 0.6) is 5.75 Å². The number of halogens is 1. The second-order valence-corrected chi connectivity index (χ2v) is 6.09. The predicted molar refractivity (Wildman–Crippen MR) is 117 cm³/mol. The smallest absolute Gasteiger partial charge is 0.216 e. The number of carbonyl (C=O) groups is 1. The summed E-state index contributed by atoms with van der Waals surface area (Å²) in [6.45, 7) is 0. The Labute approximate surface area is 170 Å². The Morgan fingerprint density at radius 2 is 1.31 bits per heavy atom. The van der Waals surface area contributed by atoms with Gasteiger partial charge in [0.05, 0.1) is 0 Å². The molecule has 0 aromatic heterocycles. The van der Waals surface area contributed by atoms with Crippen molar-refractivity contribution < 1.29 is 9.53 Å². The Morgan fingerprint density at radius 1 is 0.808 bits per heavy atom. The minimum atomic E-state index is -0.185. The Hall–Kier alpha value is -2.14. The molecule has 0 N–H and O–H groups in total. The number of carbonyl (C=O) groups excluding carboxylic acids is 1. The van der Waals surface area contributed by atoms with Crippen LogP contribution in [0.4, 0.5) is 0 Å². The van der Waals surface area contributed by atoms with Gasteiger partial charge in [-0.2, -0.15) is 0 Å². The van der Waals surface area contributed by atoms with Gasteiger partial charge in [0.2, 0.25) is 5.12 Å². The summed E-state index contributed by atoms with van der Waals surface area (Å²) in [5, 5.41) is 0.949. The largest absolute Gasteiger partial charge is 0.445 e. The van der Waals surface area contributed by atoms with E-state index in [-0.39, 0.29) is 12.5 Å². The first kappa shape index (κ1) is 21.9. The summed E-state index contributed by atoms with van der Waals surface area (Å²) in [4.78, 5) is 10.5. The van der Waals surface area contributed by atoms with Crippen LogP contribution in [0.25, 0.3) is 0 Å². The molecule has 0 saturated carbocycles. The second-order valence-electron chi connectivity index (χ2n) is 4.88. The standard InChI is InChI=1S/C13H9ClOS.C7H6OS.CH4/c14-11-8-6-10(7-9-11)13(16)15-12-4-2-1-3-5-12;8-7(9)6-4-2-1-3-5-6;/h1-9H;1-5H,(H,8,9);1H4. The van der Waals surface area contributed by atoms with Crippen molar-refractivity contribution in [3.8, 4) is 5.75 Å². The first-order valence-corrected chi connectivity index (χ1v) is 8.61. The summed E-state index contributed by atoms with van der Waals surface area (Å²) in [5.74, 6) is 0.738. The zero-order valence-corrected chi connectivity index (χ0v) is 15.6. The average molecular weight is 403 g/mol. The van der Waals surface area contributed by atoms with Gasteiger partial charge >= 0.3 is 0 Å². The molecular weight excluding hydrogens is 384 g/mol. The number of hydrogen-bond donors (Lipinski definition) is 1. The second kappa shape index (κ2) is 11.5. The van der Waals surface area contributed by atoms with Crippen LogP contribution in [0.1, 0.15) is 23.3 Å². The van der Waals surface area contributed by atoms with Gasteiger partial charge in [0.25, 0.3) is 0 Å². The van der Waals surface area contributed by atoms with Gasteiger partial charge in [0.15, 0.2) is 5.05 Å². The average Bonchev–Trinajstić information content (AvgIpc) is 2.64. The van der Waals surface area contributed by atoms with Gasteiger partial charge in [-0.25, -0.2) is 0 Å².